The largest absolute Gasteiger partial charge is 0.278 e. The van der Waals surface area contributed by atoms with E-state index in [0.29, 0.717) is 19.3 Å². The van der Waals surface area contributed by atoms with E-state index < -0.39 is 31.7 Å². The third-order valence-electron chi connectivity index (χ3n) is 1.83. The molecule has 0 unspecified atom stereocenters. The van der Waals surface area contributed by atoms with Gasteiger partial charge in [0, 0.05) is 0 Å². The Hall–Kier alpha value is -1.06. The SMILES string of the molecule is C#CCS(=O)(=O)OCCCCCOS(=O)(=O)CC#C. The van der Waals surface area contributed by atoms with E-state index in [1.54, 1.807) is 0 Å². The number of terminal acetylenes is 2. The van der Waals surface area contributed by atoms with Crippen LogP contribution >= 0.6 is 0 Å². The first kappa shape index (κ1) is 17.9. The van der Waals surface area contributed by atoms with Crippen LogP contribution < -0.4 is 0 Å². The van der Waals surface area contributed by atoms with Crippen molar-refractivity contribution in [1.29, 1.82) is 0 Å². The molecular weight excluding hydrogens is 292 g/mol. The Morgan fingerprint density at radius 3 is 1.42 bits per heavy atom. The second kappa shape index (κ2) is 8.94. The lowest BCUT2D eigenvalue weighted by Gasteiger charge is -2.04. The minimum Gasteiger partial charge on any atom is -0.269 e. The van der Waals surface area contributed by atoms with Crippen LogP contribution in [0.5, 0.6) is 0 Å². The molecule has 6 nitrogen and oxygen atoms in total. The summed E-state index contributed by atoms with van der Waals surface area (Å²) in [6, 6.07) is 0. The van der Waals surface area contributed by atoms with E-state index >= 15 is 0 Å². The summed E-state index contributed by atoms with van der Waals surface area (Å²) in [6.07, 6.45) is 11.2. The van der Waals surface area contributed by atoms with E-state index in [1.807, 2.05) is 11.8 Å². The molecule has 0 aliphatic carbocycles. The standard InChI is InChI=1S/C11H16O6S2/c1-3-10-18(12,13)16-8-6-5-7-9-17-19(14,15)11-4-2/h1-2H,5-11H2. The lowest BCUT2D eigenvalue weighted by molar-refractivity contribution is 0.285. The van der Waals surface area contributed by atoms with Crippen molar-refractivity contribution in [3.8, 4) is 24.7 Å². The van der Waals surface area contributed by atoms with Gasteiger partial charge in [0.1, 0.15) is 11.5 Å². The Labute approximate surface area is 114 Å². The average molecular weight is 308 g/mol. The second-order valence-electron chi connectivity index (χ2n) is 3.52. The molecule has 0 heterocycles. The Morgan fingerprint density at radius 1 is 0.737 bits per heavy atom. The van der Waals surface area contributed by atoms with Gasteiger partial charge in [0.2, 0.25) is 0 Å². The van der Waals surface area contributed by atoms with Crippen molar-refractivity contribution in [3.63, 3.8) is 0 Å². The minimum absolute atomic E-state index is 0.0150. The highest BCUT2D eigenvalue weighted by molar-refractivity contribution is 7.87. The van der Waals surface area contributed by atoms with Gasteiger partial charge in [-0.15, -0.1) is 12.8 Å². The van der Waals surface area contributed by atoms with Gasteiger partial charge in [0.15, 0.2) is 0 Å². The van der Waals surface area contributed by atoms with Crippen LogP contribution in [-0.2, 0) is 28.6 Å². The van der Waals surface area contributed by atoms with E-state index in [2.05, 4.69) is 8.37 Å². The Balaban J connectivity index is 3.64. The molecule has 0 N–H and O–H groups in total. The number of hydrogen-bond acceptors (Lipinski definition) is 6. The van der Waals surface area contributed by atoms with Crippen LogP contribution in [0.1, 0.15) is 19.3 Å². The van der Waals surface area contributed by atoms with E-state index in [1.165, 1.54) is 0 Å². The highest BCUT2D eigenvalue weighted by atomic mass is 32.2. The van der Waals surface area contributed by atoms with Crippen LogP contribution in [-0.4, -0.2) is 41.6 Å². The van der Waals surface area contributed by atoms with Crippen molar-refractivity contribution in [2.75, 3.05) is 24.7 Å². The second-order valence-corrected chi connectivity index (χ2v) is 6.80. The molecule has 0 saturated carbocycles. The zero-order valence-electron chi connectivity index (χ0n) is 10.4. The summed E-state index contributed by atoms with van der Waals surface area (Å²) < 4.78 is 53.3. The van der Waals surface area contributed by atoms with Crippen molar-refractivity contribution in [1.82, 2.24) is 0 Å². The maximum absolute atomic E-state index is 11.0. The molecule has 19 heavy (non-hydrogen) atoms. The molecule has 0 aromatic heterocycles. The van der Waals surface area contributed by atoms with Gasteiger partial charge in [-0.05, 0) is 19.3 Å². The van der Waals surface area contributed by atoms with Gasteiger partial charge in [-0.2, -0.15) is 16.8 Å². The molecule has 0 amide bonds. The lowest BCUT2D eigenvalue weighted by atomic mass is 10.2. The Bertz CT molecular complexity index is 483. The molecule has 8 heteroatoms. The van der Waals surface area contributed by atoms with Crippen molar-refractivity contribution in [2.24, 2.45) is 0 Å². The van der Waals surface area contributed by atoms with E-state index in [0.717, 1.165) is 0 Å². The van der Waals surface area contributed by atoms with Gasteiger partial charge in [0.25, 0.3) is 20.2 Å². The zero-order valence-corrected chi connectivity index (χ0v) is 12.0. The first-order valence-electron chi connectivity index (χ1n) is 5.44. The predicted octanol–water partition coefficient (Wildman–Crippen LogP) is 0.116. The molecule has 0 spiro atoms. The summed E-state index contributed by atoms with van der Waals surface area (Å²) >= 11 is 0. The zero-order chi connectivity index (χ0) is 14.8. The van der Waals surface area contributed by atoms with Crippen molar-refractivity contribution < 1.29 is 25.2 Å². The molecule has 0 rings (SSSR count). The molecule has 0 aliphatic rings. The third kappa shape index (κ3) is 10.5. The molecule has 0 fully saturated rings. The van der Waals surface area contributed by atoms with Gasteiger partial charge >= 0.3 is 0 Å². The first-order valence-corrected chi connectivity index (χ1v) is 8.59. The lowest BCUT2D eigenvalue weighted by Crippen LogP contribution is -2.11. The summed E-state index contributed by atoms with van der Waals surface area (Å²) in [4.78, 5) is 0. The highest BCUT2D eigenvalue weighted by Crippen LogP contribution is 2.02. The fourth-order valence-electron chi connectivity index (χ4n) is 1.04. The molecule has 0 aliphatic heterocycles. The molecule has 0 radical (unpaired) electrons. The monoisotopic (exact) mass is 308 g/mol. The third-order valence-corrected chi connectivity index (χ3v) is 3.93. The van der Waals surface area contributed by atoms with Crippen LogP contribution in [0, 0.1) is 24.7 Å². The van der Waals surface area contributed by atoms with Crippen LogP contribution in [0.25, 0.3) is 0 Å². The molecular formula is C11H16O6S2. The van der Waals surface area contributed by atoms with Crippen LogP contribution in [0.3, 0.4) is 0 Å². The van der Waals surface area contributed by atoms with Gasteiger partial charge in [-0.3, -0.25) is 8.37 Å². The summed E-state index contributed by atoms with van der Waals surface area (Å²) in [7, 11) is -7.28. The normalized spacial score (nSPS) is 11.7. The van der Waals surface area contributed by atoms with Crippen molar-refractivity contribution in [3.05, 3.63) is 0 Å². The summed E-state index contributed by atoms with van der Waals surface area (Å²) in [5.41, 5.74) is 0. The summed E-state index contributed by atoms with van der Waals surface area (Å²) in [6.45, 7) is 0.0300. The minimum atomic E-state index is -3.64. The highest BCUT2D eigenvalue weighted by Gasteiger charge is 2.09. The number of hydrogen-bond donors (Lipinski definition) is 0. The quantitative estimate of drug-likeness (QED) is 0.323. The number of unbranched alkanes of at least 4 members (excludes halogenated alkanes) is 2. The Kier molecular flexibility index (Phi) is 8.44. The molecule has 0 bridgehead atoms. The van der Waals surface area contributed by atoms with Gasteiger partial charge in [-0.25, -0.2) is 0 Å². The summed E-state index contributed by atoms with van der Waals surface area (Å²) in [5, 5.41) is 0. The summed E-state index contributed by atoms with van der Waals surface area (Å²) in [5.74, 6) is 3.05. The molecule has 108 valence electrons. The topological polar surface area (TPSA) is 86.7 Å². The van der Waals surface area contributed by atoms with Crippen LogP contribution in [0.4, 0.5) is 0 Å². The van der Waals surface area contributed by atoms with Crippen molar-refractivity contribution >= 4 is 20.2 Å². The first-order chi connectivity index (χ1) is 8.83. The number of rotatable bonds is 10. The fourth-order valence-corrected chi connectivity index (χ4v) is 2.36. The smallest absolute Gasteiger partial charge is 0.269 e. The average Bonchev–Trinajstić information content (AvgIpc) is 2.27. The fraction of sp³-hybridized carbons (Fsp3) is 0.636. The molecule has 0 aromatic carbocycles. The van der Waals surface area contributed by atoms with E-state index in [4.69, 9.17) is 12.8 Å². The molecule has 0 atom stereocenters. The maximum Gasteiger partial charge on any atom is 0.278 e. The van der Waals surface area contributed by atoms with Crippen LogP contribution in [0.15, 0.2) is 0 Å². The predicted molar refractivity (Wildman–Crippen MR) is 71.0 cm³/mol. The van der Waals surface area contributed by atoms with Crippen LogP contribution in [0.2, 0.25) is 0 Å². The molecule has 0 saturated heterocycles. The van der Waals surface area contributed by atoms with E-state index in [9.17, 15) is 16.8 Å². The maximum atomic E-state index is 11.0. The molecule has 0 aromatic rings. The van der Waals surface area contributed by atoms with Gasteiger partial charge in [0.05, 0.1) is 13.2 Å². The van der Waals surface area contributed by atoms with Crippen molar-refractivity contribution in [2.45, 2.75) is 19.3 Å². The Morgan fingerprint density at radius 2 is 1.11 bits per heavy atom. The van der Waals surface area contributed by atoms with E-state index in [-0.39, 0.29) is 13.2 Å². The van der Waals surface area contributed by atoms with Gasteiger partial charge < -0.3 is 0 Å². The van der Waals surface area contributed by atoms with Gasteiger partial charge in [-0.1, -0.05) is 11.8 Å².